The predicted octanol–water partition coefficient (Wildman–Crippen LogP) is 3.49. The normalized spacial score (nSPS) is 18.1. The number of hydrogen-bond donors (Lipinski definition) is 1. The highest BCUT2D eigenvalue weighted by molar-refractivity contribution is 6.46. The van der Waals surface area contributed by atoms with Crippen molar-refractivity contribution in [1.29, 1.82) is 0 Å². The largest absolute Gasteiger partial charge is 0.507 e. The fourth-order valence-corrected chi connectivity index (χ4v) is 3.69. The second-order valence-corrected chi connectivity index (χ2v) is 8.66. The molecule has 1 amide bonds. The van der Waals surface area contributed by atoms with Crippen molar-refractivity contribution in [3.63, 3.8) is 0 Å². The molecule has 2 heterocycles. The molecule has 170 valence electrons. The SMILES string of the molecule is CC(C)COc1ccc(/C(O)=C2\C(=O)C(=O)N(CCCN(C)C)C2c2ccncc2)cc1. The predicted molar refractivity (Wildman–Crippen MR) is 123 cm³/mol. The van der Waals surface area contributed by atoms with E-state index in [-0.39, 0.29) is 11.3 Å². The van der Waals surface area contributed by atoms with E-state index in [1.807, 2.05) is 19.0 Å². The first kappa shape index (κ1) is 23.5. The average Bonchev–Trinajstić information content (AvgIpc) is 3.03. The van der Waals surface area contributed by atoms with Crippen molar-refractivity contribution in [2.24, 2.45) is 5.92 Å². The molecule has 1 N–H and O–H groups in total. The molecule has 0 spiro atoms. The second kappa shape index (κ2) is 10.4. The van der Waals surface area contributed by atoms with Crippen molar-refractivity contribution in [1.82, 2.24) is 14.8 Å². The number of carbonyl (C=O) groups is 2. The van der Waals surface area contributed by atoms with Gasteiger partial charge >= 0.3 is 0 Å². The zero-order valence-electron chi connectivity index (χ0n) is 19.1. The van der Waals surface area contributed by atoms with E-state index >= 15 is 0 Å². The summed E-state index contributed by atoms with van der Waals surface area (Å²) in [6, 6.07) is 9.80. The standard InChI is InChI=1S/C25H31N3O4/c1-17(2)16-32-20-8-6-19(7-9-20)23(29)21-22(18-10-12-26-13-11-18)28(25(31)24(21)30)15-5-14-27(3)4/h6-13,17,22,29H,5,14-16H2,1-4H3/b23-21+. The van der Waals surface area contributed by atoms with Gasteiger partial charge in [-0.25, -0.2) is 0 Å². The molecule has 1 unspecified atom stereocenters. The van der Waals surface area contributed by atoms with Gasteiger partial charge in [-0.2, -0.15) is 0 Å². The molecule has 1 aromatic heterocycles. The Balaban J connectivity index is 1.96. The number of hydrogen-bond acceptors (Lipinski definition) is 6. The van der Waals surface area contributed by atoms with Crippen molar-refractivity contribution >= 4 is 17.4 Å². The molecular weight excluding hydrogens is 406 g/mol. The molecule has 1 fully saturated rings. The van der Waals surface area contributed by atoms with Gasteiger partial charge in [0, 0.05) is 24.5 Å². The van der Waals surface area contributed by atoms with Crippen LogP contribution in [0.2, 0.25) is 0 Å². The number of Topliss-reactive ketones (excluding diaryl/α,β-unsaturated/α-hetero) is 1. The Morgan fingerprint density at radius 3 is 2.38 bits per heavy atom. The van der Waals surface area contributed by atoms with Gasteiger partial charge in [0.05, 0.1) is 18.2 Å². The molecule has 3 rings (SSSR count). The maximum Gasteiger partial charge on any atom is 0.295 e. The number of nitrogens with zero attached hydrogens (tertiary/aromatic N) is 3. The van der Waals surface area contributed by atoms with E-state index < -0.39 is 17.7 Å². The van der Waals surface area contributed by atoms with Gasteiger partial charge in [-0.1, -0.05) is 13.8 Å². The lowest BCUT2D eigenvalue weighted by Gasteiger charge is -2.25. The van der Waals surface area contributed by atoms with Gasteiger partial charge in [0.25, 0.3) is 11.7 Å². The number of likely N-dealkylation sites (tertiary alicyclic amines) is 1. The molecule has 7 nitrogen and oxygen atoms in total. The van der Waals surface area contributed by atoms with Crippen LogP contribution in [0.3, 0.4) is 0 Å². The number of rotatable bonds is 9. The number of pyridine rings is 1. The summed E-state index contributed by atoms with van der Waals surface area (Å²) in [5.74, 6) is -0.369. The zero-order chi connectivity index (χ0) is 23.3. The van der Waals surface area contributed by atoms with Crippen LogP contribution in [0.5, 0.6) is 5.75 Å². The van der Waals surface area contributed by atoms with E-state index in [0.717, 1.165) is 12.1 Å². The summed E-state index contributed by atoms with van der Waals surface area (Å²) >= 11 is 0. The highest BCUT2D eigenvalue weighted by Gasteiger charge is 2.45. The van der Waals surface area contributed by atoms with E-state index in [9.17, 15) is 14.7 Å². The first-order valence-corrected chi connectivity index (χ1v) is 10.9. The highest BCUT2D eigenvalue weighted by Crippen LogP contribution is 2.39. The minimum absolute atomic E-state index is 0.0990. The number of ether oxygens (including phenoxy) is 1. The molecule has 0 bridgehead atoms. The first-order chi connectivity index (χ1) is 15.3. The van der Waals surface area contributed by atoms with Gasteiger partial charge in [-0.3, -0.25) is 14.6 Å². The summed E-state index contributed by atoms with van der Waals surface area (Å²) in [7, 11) is 3.92. The summed E-state index contributed by atoms with van der Waals surface area (Å²) in [4.78, 5) is 33.5. The van der Waals surface area contributed by atoms with E-state index in [0.29, 0.717) is 36.8 Å². The minimum atomic E-state index is -0.672. The molecule has 1 atom stereocenters. The molecule has 7 heteroatoms. The summed E-state index contributed by atoms with van der Waals surface area (Å²) in [5, 5.41) is 11.1. The monoisotopic (exact) mass is 437 g/mol. The van der Waals surface area contributed by atoms with Crippen LogP contribution < -0.4 is 4.74 Å². The van der Waals surface area contributed by atoms with Crippen LogP contribution in [0, 0.1) is 5.92 Å². The average molecular weight is 438 g/mol. The van der Waals surface area contributed by atoms with Crippen LogP contribution >= 0.6 is 0 Å². The van der Waals surface area contributed by atoms with Gasteiger partial charge < -0.3 is 19.6 Å². The number of benzene rings is 1. The molecule has 1 aliphatic heterocycles. The summed E-state index contributed by atoms with van der Waals surface area (Å²) < 4.78 is 5.70. The molecule has 1 aliphatic rings. The number of amides is 1. The molecule has 1 aromatic carbocycles. The van der Waals surface area contributed by atoms with Crippen LogP contribution in [-0.2, 0) is 9.59 Å². The number of carbonyl (C=O) groups excluding carboxylic acids is 2. The lowest BCUT2D eigenvalue weighted by Crippen LogP contribution is -2.32. The van der Waals surface area contributed by atoms with Crippen molar-refractivity contribution in [2.75, 3.05) is 33.8 Å². The van der Waals surface area contributed by atoms with Crippen molar-refractivity contribution in [3.8, 4) is 5.75 Å². The van der Waals surface area contributed by atoms with E-state index in [1.165, 1.54) is 0 Å². The van der Waals surface area contributed by atoms with E-state index in [1.54, 1.807) is 53.7 Å². The first-order valence-electron chi connectivity index (χ1n) is 10.9. The molecule has 32 heavy (non-hydrogen) atoms. The third-order valence-corrected chi connectivity index (χ3v) is 5.28. The van der Waals surface area contributed by atoms with Crippen LogP contribution in [-0.4, -0.2) is 65.4 Å². The van der Waals surface area contributed by atoms with Crippen molar-refractivity contribution in [2.45, 2.75) is 26.3 Å². The van der Waals surface area contributed by atoms with Gasteiger partial charge in [0.15, 0.2) is 0 Å². The molecule has 1 saturated heterocycles. The molecular formula is C25H31N3O4. The number of ketones is 1. The Hall–Kier alpha value is -3.19. The van der Waals surface area contributed by atoms with E-state index in [4.69, 9.17) is 4.74 Å². The van der Waals surface area contributed by atoms with Crippen molar-refractivity contribution < 1.29 is 19.4 Å². The maximum absolute atomic E-state index is 13.0. The van der Waals surface area contributed by atoms with Crippen LogP contribution in [0.1, 0.15) is 37.4 Å². The van der Waals surface area contributed by atoms with Crippen LogP contribution in [0.15, 0.2) is 54.4 Å². The molecule has 0 radical (unpaired) electrons. The number of aromatic nitrogens is 1. The number of aliphatic hydroxyl groups is 1. The fraction of sp³-hybridized carbons (Fsp3) is 0.400. The number of aliphatic hydroxyl groups excluding tert-OH is 1. The zero-order valence-corrected chi connectivity index (χ0v) is 19.1. The maximum atomic E-state index is 13.0. The lowest BCUT2D eigenvalue weighted by molar-refractivity contribution is -0.139. The summed E-state index contributed by atoms with van der Waals surface area (Å²) in [6.07, 6.45) is 3.95. The topological polar surface area (TPSA) is 83.0 Å². The Morgan fingerprint density at radius 1 is 1.12 bits per heavy atom. The Kier molecular flexibility index (Phi) is 7.64. The summed E-state index contributed by atoms with van der Waals surface area (Å²) in [5.41, 5.74) is 1.30. The Morgan fingerprint density at radius 2 is 1.78 bits per heavy atom. The fourth-order valence-electron chi connectivity index (χ4n) is 3.69. The lowest BCUT2D eigenvalue weighted by atomic mass is 9.96. The van der Waals surface area contributed by atoms with Gasteiger partial charge in [0.2, 0.25) is 0 Å². The quantitative estimate of drug-likeness (QED) is 0.367. The smallest absolute Gasteiger partial charge is 0.295 e. The van der Waals surface area contributed by atoms with Gasteiger partial charge in [-0.05, 0) is 74.9 Å². The third kappa shape index (κ3) is 5.34. The molecule has 0 aliphatic carbocycles. The summed E-state index contributed by atoms with van der Waals surface area (Å²) in [6.45, 7) is 5.91. The second-order valence-electron chi connectivity index (χ2n) is 8.66. The highest BCUT2D eigenvalue weighted by atomic mass is 16.5. The third-order valence-electron chi connectivity index (χ3n) is 5.28. The van der Waals surface area contributed by atoms with E-state index in [2.05, 4.69) is 18.8 Å². The minimum Gasteiger partial charge on any atom is -0.507 e. The molecule has 0 saturated carbocycles. The van der Waals surface area contributed by atoms with Crippen LogP contribution in [0.4, 0.5) is 0 Å². The Bertz CT molecular complexity index is 968. The van der Waals surface area contributed by atoms with Crippen LogP contribution in [0.25, 0.3) is 5.76 Å². The molecule has 2 aromatic rings. The van der Waals surface area contributed by atoms with Gasteiger partial charge in [0.1, 0.15) is 11.5 Å². The Labute approximate surface area is 189 Å². The van der Waals surface area contributed by atoms with Gasteiger partial charge in [-0.15, -0.1) is 0 Å². The van der Waals surface area contributed by atoms with Crippen molar-refractivity contribution in [3.05, 3.63) is 65.5 Å².